The SMILES string of the molecule is Cl.O=C(CCC1CCNCC1)Nc1cccc([N+](=O)[O-])c1. The minimum absolute atomic E-state index is 0. The Morgan fingerprint density at radius 3 is 2.76 bits per heavy atom. The summed E-state index contributed by atoms with van der Waals surface area (Å²) in [6.45, 7) is 2.05. The largest absolute Gasteiger partial charge is 0.326 e. The lowest BCUT2D eigenvalue weighted by molar-refractivity contribution is -0.384. The average Bonchev–Trinajstić information content (AvgIpc) is 2.46. The van der Waals surface area contributed by atoms with E-state index in [1.54, 1.807) is 12.1 Å². The number of hydrogen-bond acceptors (Lipinski definition) is 4. The van der Waals surface area contributed by atoms with Crippen LogP contribution >= 0.6 is 12.4 Å². The number of nitro benzene ring substituents is 1. The van der Waals surface area contributed by atoms with Gasteiger partial charge in [-0.2, -0.15) is 0 Å². The van der Waals surface area contributed by atoms with Gasteiger partial charge in [0.25, 0.3) is 5.69 Å². The van der Waals surface area contributed by atoms with Crippen molar-refractivity contribution in [1.29, 1.82) is 0 Å². The molecule has 116 valence electrons. The Hall–Kier alpha value is -1.66. The van der Waals surface area contributed by atoms with Crippen LogP contribution in [-0.4, -0.2) is 23.9 Å². The number of nitro groups is 1. The second kappa shape index (κ2) is 8.59. The predicted octanol–water partition coefficient (Wildman–Crippen LogP) is 2.73. The number of nitrogens with zero attached hydrogens (tertiary/aromatic N) is 1. The number of rotatable bonds is 5. The maximum Gasteiger partial charge on any atom is 0.271 e. The van der Waals surface area contributed by atoms with Crippen LogP contribution in [0.4, 0.5) is 11.4 Å². The van der Waals surface area contributed by atoms with Crippen molar-refractivity contribution in [3.63, 3.8) is 0 Å². The molecule has 7 heteroatoms. The first kappa shape index (κ1) is 17.4. The van der Waals surface area contributed by atoms with E-state index in [-0.39, 0.29) is 24.0 Å². The minimum atomic E-state index is -0.468. The third kappa shape index (κ3) is 5.69. The Labute approximate surface area is 129 Å². The van der Waals surface area contributed by atoms with Crippen LogP contribution in [0.15, 0.2) is 24.3 Å². The zero-order valence-electron chi connectivity index (χ0n) is 11.7. The lowest BCUT2D eigenvalue weighted by Gasteiger charge is -2.22. The van der Waals surface area contributed by atoms with E-state index in [1.165, 1.54) is 12.1 Å². The van der Waals surface area contributed by atoms with Gasteiger partial charge >= 0.3 is 0 Å². The number of carbonyl (C=O) groups is 1. The Morgan fingerprint density at radius 2 is 2.10 bits per heavy atom. The van der Waals surface area contributed by atoms with Crippen LogP contribution in [0.5, 0.6) is 0 Å². The molecular formula is C14H20ClN3O3. The summed E-state index contributed by atoms with van der Waals surface area (Å²) in [5.74, 6) is 0.524. The molecule has 1 amide bonds. The minimum Gasteiger partial charge on any atom is -0.326 e. The monoisotopic (exact) mass is 313 g/mol. The normalized spacial score (nSPS) is 15.0. The summed E-state index contributed by atoms with van der Waals surface area (Å²) in [4.78, 5) is 22.0. The molecule has 2 N–H and O–H groups in total. The fraction of sp³-hybridized carbons (Fsp3) is 0.500. The first-order valence-electron chi connectivity index (χ1n) is 6.90. The fourth-order valence-corrected chi connectivity index (χ4v) is 2.43. The van der Waals surface area contributed by atoms with Crippen LogP contribution in [-0.2, 0) is 4.79 Å². The van der Waals surface area contributed by atoms with Gasteiger partial charge in [0.2, 0.25) is 5.91 Å². The van der Waals surface area contributed by atoms with Gasteiger partial charge in [0, 0.05) is 24.2 Å². The molecule has 0 aliphatic carbocycles. The van der Waals surface area contributed by atoms with E-state index in [9.17, 15) is 14.9 Å². The van der Waals surface area contributed by atoms with Crippen LogP contribution < -0.4 is 10.6 Å². The molecule has 0 bridgehead atoms. The summed E-state index contributed by atoms with van der Waals surface area (Å²) in [5.41, 5.74) is 0.468. The third-order valence-corrected chi connectivity index (χ3v) is 3.58. The number of anilines is 1. The van der Waals surface area contributed by atoms with Gasteiger partial charge in [-0.1, -0.05) is 6.07 Å². The Morgan fingerprint density at radius 1 is 1.38 bits per heavy atom. The summed E-state index contributed by atoms with van der Waals surface area (Å²) in [5, 5.41) is 16.7. The first-order valence-corrected chi connectivity index (χ1v) is 6.90. The number of nitrogens with one attached hydrogen (secondary N) is 2. The highest BCUT2D eigenvalue weighted by Gasteiger charge is 2.15. The molecule has 6 nitrogen and oxygen atoms in total. The van der Waals surface area contributed by atoms with Crippen molar-refractivity contribution < 1.29 is 9.72 Å². The fourth-order valence-electron chi connectivity index (χ4n) is 2.43. The molecule has 0 aromatic heterocycles. The topological polar surface area (TPSA) is 84.3 Å². The Bertz CT molecular complexity index is 490. The van der Waals surface area contributed by atoms with Crippen molar-refractivity contribution >= 4 is 29.7 Å². The molecule has 21 heavy (non-hydrogen) atoms. The van der Waals surface area contributed by atoms with Gasteiger partial charge in [-0.3, -0.25) is 14.9 Å². The summed E-state index contributed by atoms with van der Waals surface area (Å²) < 4.78 is 0. The molecule has 0 atom stereocenters. The second-order valence-electron chi connectivity index (χ2n) is 5.09. The molecule has 1 aromatic rings. The number of carbonyl (C=O) groups excluding carboxylic acids is 1. The van der Waals surface area contributed by atoms with E-state index in [1.807, 2.05) is 0 Å². The molecule has 0 spiro atoms. The molecule has 1 saturated heterocycles. The van der Waals surface area contributed by atoms with Gasteiger partial charge in [-0.25, -0.2) is 0 Å². The third-order valence-electron chi connectivity index (χ3n) is 3.58. The van der Waals surface area contributed by atoms with Crippen LogP contribution in [0.25, 0.3) is 0 Å². The zero-order valence-corrected chi connectivity index (χ0v) is 12.5. The van der Waals surface area contributed by atoms with Crippen LogP contribution in [0.1, 0.15) is 25.7 Å². The van der Waals surface area contributed by atoms with Crippen LogP contribution in [0.3, 0.4) is 0 Å². The molecular weight excluding hydrogens is 294 g/mol. The van der Waals surface area contributed by atoms with Gasteiger partial charge in [-0.05, 0) is 44.3 Å². The van der Waals surface area contributed by atoms with Gasteiger partial charge in [-0.15, -0.1) is 12.4 Å². The van der Waals surface area contributed by atoms with E-state index < -0.39 is 4.92 Å². The molecule has 1 aliphatic rings. The number of piperidine rings is 1. The highest BCUT2D eigenvalue weighted by Crippen LogP contribution is 2.20. The molecule has 0 unspecified atom stereocenters. The van der Waals surface area contributed by atoms with Gasteiger partial charge in [0.05, 0.1) is 4.92 Å². The summed E-state index contributed by atoms with van der Waals surface area (Å²) >= 11 is 0. The van der Waals surface area contributed by atoms with Crippen molar-refractivity contribution in [2.24, 2.45) is 5.92 Å². The van der Waals surface area contributed by atoms with E-state index >= 15 is 0 Å². The Balaban J connectivity index is 0.00000220. The number of benzene rings is 1. The summed E-state index contributed by atoms with van der Waals surface area (Å²) in [7, 11) is 0. The summed E-state index contributed by atoms with van der Waals surface area (Å²) in [6, 6.07) is 6.02. The number of non-ortho nitro benzene ring substituents is 1. The van der Waals surface area contributed by atoms with Crippen LogP contribution in [0, 0.1) is 16.0 Å². The maximum atomic E-state index is 11.8. The maximum absolute atomic E-state index is 11.8. The van der Waals surface area contributed by atoms with Gasteiger partial charge in [0.15, 0.2) is 0 Å². The van der Waals surface area contributed by atoms with Gasteiger partial charge in [0.1, 0.15) is 0 Å². The number of amides is 1. The molecule has 0 saturated carbocycles. The number of halogens is 1. The van der Waals surface area contributed by atoms with Crippen molar-refractivity contribution in [2.75, 3.05) is 18.4 Å². The zero-order chi connectivity index (χ0) is 14.4. The van der Waals surface area contributed by atoms with E-state index in [0.29, 0.717) is 18.0 Å². The standard InChI is InChI=1S/C14H19N3O3.ClH/c18-14(5-4-11-6-8-15-9-7-11)16-12-2-1-3-13(10-12)17(19)20;/h1-3,10-11,15H,4-9H2,(H,16,18);1H. The molecule has 0 radical (unpaired) electrons. The van der Waals surface area contributed by atoms with Crippen molar-refractivity contribution in [3.05, 3.63) is 34.4 Å². The molecule has 1 fully saturated rings. The molecule has 1 heterocycles. The number of hydrogen-bond donors (Lipinski definition) is 2. The van der Waals surface area contributed by atoms with Crippen LogP contribution in [0.2, 0.25) is 0 Å². The Kier molecular flexibility index (Phi) is 7.11. The molecule has 2 rings (SSSR count). The first-order chi connectivity index (χ1) is 9.65. The second-order valence-corrected chi connectivity index (χ2v) is 5.09. The smallest absolute Gasteiger partial charge is 0.271 e. The van der Waals surface area contributed by atoms with Gasteiger partial charge < -0.3 is 10.6 Å². The van der Waals surface area contributed by atoms with E-state index in [2.05, 4.69) is 10.6 Å². The van der Waals surface area contributed by atoms with Crippen molar-refractivity contribution in [2.45, 2.75) is 25.7 Å². The highest BCUT2D eigenvalue weighted by molar-refractivity contribution is 5.90. The van der Waals surface area contributed by atoms with Crippen molar-refractivity contribution in [1.82, 2.24) is 5.32 Å². The van der Waals surface area contributed by atoms with Crippen molar-refractivity contribution in [3.8, 4) is 0 Å². The highest BCUT2D eigenvalue weighted by atomic mass is 35.5. The lowest BCUT2D eigenvalue weighted by atomic mass is 9.93. The molecule has 1 aromatic carbocycles. The lowest BCUT2D eigenvalue weighted by Crippen LogP contribution is -2.28. The predicted molar refractivity (Wildman–Crippen MR) is 83.8 cm³/mol. The molecule has 1 aliphatic heterocycles. The average molecular weight is 314 g/mol. The van der Waals surface area contributed by atoms with E-state index in [4.69, 9.17) is 0 Å². The summed E-state index contributed by atoms with van der Waals surface area (Å²) in [6.07, 6.45) is 3.57. The van der Waals surface area contributed by atoms with E-state index in [0.717, 1.165) is 32.4 Å². The quantitative estimate of drug-likeness (QED) is 0.646.